The molecule has 44 heavy (non-hydrogen) atoms. The van der Waals surface area contributed by atoms with Gasteiger partial charge in [-0.1, -0.05) is 6.07 Å². The first-order valence-electron chi connectivity index (χ1n) is 12.9. The minimum absolute atomic E-state index is 0.155. The number of aliphatic hydroxyl groups excluding tert-OH is 1. The van der Waals surface area contributed by atoms with Gasteiger partial charge in [-0.2, -0.15) is 26.3 Å². The van der Waals surface area contributed by atoms with Crippen molar-refractivity contribution in [2.75, 3.05) is 11.9 Å². The molecule has 0 radical (unpaired) electrons. The van der Waals surface area contributed by atoms with Crippen molar-refractivity contribution >= 4 is 17.5 Å². The summed E-state index contributed by atoms with van der Waals surface area (Å²) in [5.74, 6) is -5.28. The van der Waals surface area contributed by atoms with Crippen LogP contribution < -0.4 is 5.32 Å². The number of halogens is 8. The van der Waals surface area contributed by atoms with E-state index in [1.807, 2.05) is 0 Å². The summed E-state index contributed by atoms with van der Waals surface area (Å²) < 4.78 is 108. The van der Waals surface area contributed by atoms with Gasteiger partial charge in [0.05, 0.1) is 29.0 Å². The Morgan fingerprint density at radius 2 is 1.73 bits per heavy atom. The number of nitrogens with zero attached hydrogens (tertiary/aromatic N) is 4. The van der Waals surface area contributed by atoms with Crippen LogP contribution in [0, 0.1) is 11.6 Å². The zero-order valence-electron chi connectivity index (χ0n) is 22.5. The van der Waals surface area contributed by atoms with Crippen LogP contribution in [0.1, 0.15) is 36.6 Å². The van der Waals surface area contributed by atoms with Gasteiger partial charge in [0.25, 0.3) is 11.8 Å². The second-order valence-corrected chi connectivity index (χ2v) is 10.3. The standard InChI is InChI=1S/C28H21F8N5O3/c1-26-7-2-8-41(26)40(12-14-3-5-17(29)18(30)9-14)25(44)22(23(26)42)24(43)39-19-6-4-15(27(31,32)33)10-16(19)20-11-21(28(34,35)36)38-13-37-20/h3-6,9-11,13,42H,2,7-8,12H2,1H3,(H,39,43)/t26-/m1/s1. The number of nitrogens with one attached hydrogen (secondary N) is 1. The number of amides is 2. The van der Waals surface area contributed by atoms with Crippen molar-refractivity contribution in [3.05, 3.63) is 88.6 Å². The molecule has 3 heterocycles. The quantitative estimate of drug-likeness (QED) is 0.265. The Labute approximate surface area is 243 Å². The Balaban J connectivity index is 1.55. The minimum Gasteiger partial charge on any atom is -0.509 e. The highest BCUT2D eigenvalue weighted by Gasteiger charge is 2.52. The fourth-order valence-corrected chi connectivity index (χ4v) is 5.24. The number of aliphatic hydroxyl groups is 1. The van der Waals surface area contributed by atoms with Crippen molar-refractivity contribution in [3.8, 4) is 11.3 Å². The van der Waals surface area contributed by atoms with Gasteiger partial charge in [0.15, 0.2) is 11.6 Å². The number of aromatic nitrogens is 2. The van der Waals surface area contributed by atoms with Crippen molar-refractivity contribution in [3.63, 3.8) is 0 Å². The van der Waals surface area contributed by atoms with E-state index in [1.54, 1.807) is 0 Å². The van der Waals surface area contributed by atoms with E-state index < -0.39 is 80.9 Å². The summed E-state index contributed by atoms with van der Waals surface area (Å²) in [4.78, 5) is 34.0. The normalized spacial score (nSPS) is 19.4. The summed E-state index contributed by atoms with van der Waals surface area (Å²) in [6.45, 7) is 1.46. The molecule has 0 aliphatic carbocycles. The molecule has 0 unspecified atom stereocenters. The fraction of sp³-hybridized carbons (Fsp3) is 0.286. The largest absolute Gasteiger partial charge is 0.509 e. The summed E-state index contributed by atoms with van der Waals surface area (Å²) >= 11 is 0. The molecule has 5 rings (SSSR count). The average Bonchev–Trinajstić information content (AvgIpc) is 3.35. The predicted molar refractivity (Wildman–Crippen MR) is 137 cm³/mol. The van der Waals surface area contributed by atoms with Crippen molar-refractivity contribution in [1.29, 1.82) is 0 Å². The van der Waals surface area contributed by atoms with Gasteiger partial charge in [0, 0.05) is 12.1 Å². The summed E-state index contributed by atoms with van der Waals surface area (Å²) in [5.41, 5.74) is -6.29. The Morgan fingerprint density at radius 1 is 1.00 bits per heavy atom. The molecule has 1 aromatic heterocycles. The monoisotopic (exact) mass is 627 g/mol. The van der Waals surface area contributed by atoms with E-state index in [1.165, 1.54) is 18.0 Å². The molecular weight excluding hydrogens is 606 g/mol. The number of fused-ring (bicyclic) bond motifs is 1. The van der Waals surface area contributed by atoms with Crippen LogP contribution in [0.4, 0.5) is 40.8 Å². The lowest BCUT2D eigenvalue weighted by Crippen LogP contribution is -2.60. The molecule has 16 heteroatoms. The van der Waals surface area contributed by atoms with Gasteiger partial charge < -0.3 is 10.4 Å². The van der Waals surface area contributed by atoms with Crippen LogP contribution in [0.5, 0.6) is 0 Å². The Morgan fingerprint density at radius 3 is 2.39 bits per heavy atom. The highest BCUT2D eigenvalue weighted by molar-refractivity contribution is 6.24. The van der Waals surface area contributed by atoms with Crippen molar-refractivity contribution in [2.45, 2.75) is 44.2 Å². The zero-order valence-corrected chi connectivity index (χ0v) is 22.5. The van der Waals surface area contributed by atoms with Crippen molar-refractivity contribution in [2.24, 2.45) is 0 Å². The molecule has 8 nitrogen and oxygen atoms in total. The first-order valence-corrected chi connectivity index (χ1v) is 12.9. The second kappa shape index (κ2) is 10.8. The molecule has 2 aliphatic rings. The maximum atomic E-state index is 13.9. The lowest BCUT2D eigenvalue weighted by molar-refractivity contribution is -0.160. The molecule has 2 aromatic carbocycles. The van der Waals surface area contributed by atoms with E-state index in [-0.39, 0.29) is 25.1 Å². The molecule has 2 N–H and O–H groups in total. The second-order valence-electron chi connectivity index (χ2n) is 10.3. The topological polar surface area (TPSA) is 98.7 Å². The minimum atomic E-state index is -4.96. The molecule has 2 aliphatic heterocycles. The third-order valence-corrected chi connectivity index (χ3v) is 7.46. The van der Waals surface area contributed by atoms with Crippen molar-refractivity contribution in [1.82, 2.24) is 20.0 Å². The molecule has 2 amide bonds. The lowest BCUT2D eigenvalue weighted by Gasteiger charge is -2.46. The molecule has 232 valence electrons. The summed E-state index contributed by atoms with van der Waals surface area (Å²) in [5, 5.41) is 16.0. The molecule has 1 atom stereocenters. The van der Waals surface area contributed by atoms with E-state index in [4.69, 9.17) is 0 Å². The predicted octanol–water partition coefficient (Wildman–Crippen LogP) is 6.02. The van der Waals surface area contributed by atoms with Gasteiger partial charge in [-0.3, -0.25) is 14.6 Å². The Bertz CT molecular complexity index is 1690. The molecular formula is C28H21F8N5O3. The average molecular weight is 627 g/mol. The van der Waals surface area contributed by atoms with Crippen LogP contribution in [0.25, 0.3) is 11.3 Å². The number of rotatable bonds is 5. The summed E-state index contributed by atoms with van der Waals surface area (Å²) in [6.07, 6.45) is -8.65. The Kier molecular flexibility index (Phi) is 7.60. The number of hydrogen-bond donors (Lipinski definition) is 2. The number of hydrogen-bond acceptors (Lipinski definition) is 6. The number of anilines is 1. The number of benzene rings is 2. The number of alkyl halides is 6. The third kappa shape index (κ3) is 5.56. The smallest absolute Gasteiger partial charge is 0.433 e. The Hall–Kier alpha value is -4.60. The van der Waals surface area contributed by atoms with Gasteiger partial charge in [-0.15, -0.1) is 0 Å². The number of hydrazine groups is 1. The van der Waals surface area contributed by atoms with Crippen LogP contribution >= 0.6 is 0 Å². The van der Waals surface area contributed by atoms with Crippen LogP contribution in [-0.4, -0.2) is 49.0 Å². The highest BCUT2D eigenvalue weighted by atomic mass is 19.4. The van der Waals surface area contributed by atoms with Gasteiger partial charge in [-0.25, -0.2) is 23.8 Å². The zero-order chi connectivity index (χ0) is 32.2. The third-order valence-electron chi connectivity index (χ3n) is 7.46. The SMILES string of the molecule is C[C@]12CCCN1N(Cc1ccc(F)c(F)c1)C(=O)C(C(=O)Nc1ccc(C(F)(F)F)cc1-c1cc(C(F)(F)F)ncn1)=C2O. The van der Waals surface area contributed by atoms with Crippen LogP contribution in [0.3, 0.4) is 0 Å². The van der Waals surface area contributed by atoms with Crippen LogP contribution in [0.15, 0.2) is 60.1 Å². The van der Waals surface area contributed by atoms with Crippen LogP contribution in [-0.2, 0) is 28.5 Å². The van der Waals surface area contributed by atoms with E-state index in [2.05, 4.69) is 15.3 Å². The molecule has 0 bridgehead atoms. The molecule has 0 spiro atoms. The van der Waals surface area contributed by atoms with Gasteiger partial charge in [0.1, 0.15) is 23.4 Å². The van der Waals surface area contributed by atoms with Gasteiger partial charge in [0.2, 0.25) is 0 Å². The molecule has 1 fully saturated rings. The van der Waals surface area contributed by atoms with E-state index in [0.717, 1.165) is 23.2 Å². The molecule has 0 saturated carbocycles. The fourth-order valence-electron chi connectivity index (χ4n) is 5.24. The van der Waals surface area contributed by atoms with E-state index in [9.17, 15) is 49.8 Å². The number of carbonyl (C=O) groups excluding carboxylic acids is 2. The van der Waals surface area contributed by atoms with E-state index in [0.29, 0.717) is 30.9 Å². The van der Waals surface area contributed by atoms with Crippen LogP contribution in [0.2, 0.25) is 0 Å². The summed E-state index contributed by atoms with van der Waals surface area (Å²) in [7, 11) is 0. The molecule has 1 saturated heterocycles. The first kappa shape index (κ1) is 30.8. The van der Waals surface area contributed by atoms with E-state index >= 15 is 0 Å². The maximum absolute atomic E-state index is 13.9. The highest BCUT2D eigenvalue weighted by Crippen LogP contribution is 2.42. The first-order chi connectivity index (χ1) is 20.5. The summed E-state index contributed by atoms with van der Waals surface area (Å²) in [6, 6.07) is 5.16. The van der Waals surface area contributed by atoms with Gasteiger partial charge in [-0.05, 0) is 61.7 Å². The lowest BCUT2D eigenvalue weighted by atomic mass is 9.90. The van der Waals surface area contributed by atoms with Gasteiger partial charge >= 0.3 is 12.4 Å². The maximum Gasteiger partial charge on any atom is 0.433 e. The molecule has 3 aromatic rings. The van der Waals surface area contributed by atoms with Crippen molar-refractivity contribution < 1.29 is 49.8 Å². The number of carbonyl (C=O) groups is 2.